The van der Waals surface area contributed by atoms with Gasteiger partial charge in [0.05, 0.1) is 6.61 Å². The molecule has 100 valence electrons. The van der Waals surface area contributed by atoms with Gasteiger partial charge in [0.1, 0.15) is 5.75 Å². The zero-order chi connectivity index (χ0) is 13.1. The first-order valence-corrected chi connectivity index (χ1v) is 7.23. The van der Waals surface area contributed by atoms with E-state index >= 15 is 0 Å². The summed E-state index contributed by atoms with van der Waals surface area (Å²) >= 11 is 6.16. The first-order chi connectivity index (χ1) is 8.65. The summed E-state index contributed by atoms with van der Waals surface area (Å²) in [6.45, 7) is 5.17. The van der Waals surface area contributed by atoms with Crippen molar-refractivity contribution in [2.75, 3.05) is 6.61 Å². The number of fused-ring (bicyclic) bond motifs is 1. The van der Waals surface area contributed by atoms with Crippen LogP contribution in [0.3, 0.4) is 0 Å². The van der Waals surface area contributed by atoms with E-state index in [9.17, 15) is 0 Å². The monoisotopic (exact) mass is 267 g/mol. The van der Waals surface area contributed by atoms with Crippen molar-refractivity contribution >= 4 is 11.6 Å². The summed E-state index contributed by atoms with van der Waals surface area (Å²) in [5, 5.41) is 0.797. The Morgan fingerprint density at radius 3 is 2.72 bits per heavy atom. The van der Waals surface area contributed by atoms with E-state index in [-0.39, 0.29) is 6.04 Å². The Hall–Kier alpha value is -0.730. The standard InChI is InChI=1S/C15H22ClNO/c1-3-10(4-2)14(17)9-12-8-13(16)7-11-5-6-18-15(11)12/h7-8,10,14H,3-6,9,17H2,1-2H3. The lowest BCUT2D eigenvalue weighted by atomic mass is 9.89. The van der Waals surface area contributed by atoms with Gasteiger partial charge in [0.25, 0.3) is 0 Å². The average molecular weight is 268 g/mol. The van der Waals surface area contributed by atoms with E-state index in [2.05, 4.69) is 13.8 Å². The van der Waals surface area contributed by atoms with E-state index in [1.807, 2.05) is 12.1 Å². The molecule has 0 amide bonds. The average Bonchev–Trinajstić information content (AvgIpc) is 2.78. The molecule has 0 saturated carbocycles. The Bertz CT molecular complexity index is 415. The fourth-order valence-electron chi connectivity index (χ4n) is 2.81. The van der Waals surface area contributed by atoms with Crippen molar-refractivity contribution in [2.24, 2.45) is 11.7 Å². The van der Waals surface area contributed by atoms with Crippen molar-refractivity contribution < 1.29 is 4.74 Å². The van der Waals surface area contributed by atoms with Gasteiger partial charge in [-0.05, 0) is 35.6 Å². The highest BCUT2D eigenvalue weighted by Gasteiger charge is 2.21. The van der Waals surface area contributed by atoms with Crippen molar-refractivity contribution in [2.45, 2.75) is 45.6 Å². The quantitative estimate of drug-likeness (QED) is 0.885. The van der Waals surface area contributed by atoms with Crippen LogP contribution < -0.4 is 10.5 Å². The lowest BCUT2D eigenvalue weighted by Crippen LogP contribution is -2.31. The maximum Gasteiger partial charge on any atom is 0.125 e. The van der Waals surface area contributed by atoms with Gasteiger partial charge in [0.2, 0.25) is 0 Å². The maximum atomic E-state index is 6.32. The lowest BCUT2D eigenvalue weighted by molar-refractivity contribution is 0.346. The topological polar surface area (TPSA) is 35.2 Å². The zero-order valence-electron chi connectivity index (χ0n) is 11.2. The summed E-state index contributed by atoms with van der Waals surface area (Å²) in [4.78, 5) is 0. The highest BCUT2D eigenvalue weighted by Crippen LogP contribution is 2.34. The molecule has 1 aromatic rings. The van der Waals surface area contributed by atoms with Gasteiger partial charge in [-0.25, -0.2) is 0 Å². The van der Waals surface area contributed by atoms with Gasteiger partial charge in [-0.15, -0.1) is 0 Å². The van der Waals surface area contributed by atoms with Gasteiger partial charge in [-0.2, -0.15) is 0 Å². The Morgan fingerprint density at radius 1 is 1.33 bits per heavy atom. The van der Waals surface area contributed by atoms with E-state index in [4.69, 9.17) is 22.1 Å². The predicted molar refractivity (Wildman–Crippen MR) is 76.4 cm³/mol. The van der Waals surface area contributed by atoms with Gasteiger partial charge in [-0.3, -0.25) is 0 Å². The molecule has 1 aliphatic rings. The molecule has 2 nitrogen and oxygen atoms in total. The molecule has 1 aliphatic heterocycles. The van der Waals surface area contributed by atoms with E-state index in [1.165, 1.54) is 11.1 Å². The number of hydrogen-bond donors (Lipinski definition) is 1. The smallest absolute Gasteiger partial charge is 0.125 e. The Labute approximate surface area is 114 Å². The molecule has 2 N–H and O–H groups in total. The van der Waals surface area contributed by atoms with Crippen LogP contribution in [-0.4, -0.2) is 12.6 Å². The number of benzene rings is 1. The van der Waals surface area contributed by atoms with Crippen LogP contribution in [-0.2, 0) is 12.8 Å². The van der Waals surface area contributed by atoms with Gasteiger partial charge in [0.15, 0.2) is 0 Å². The number of ether oxygens (including phenoxy) is 1. The predicted octanol–water partition coefficient (Wildman–Crippen LogP) is 3.58. The van der Waals surface area contributed by atoms with Gasteiger partial charge in [0, 0.05) is 17.5 Å². The summed E-state index contributed by atoms with van der Waals surface area (Å²) in [5.74, 6) is 1.60. The molecule has 1 atom stereocenters. The van der Waals surface area contributed by atoms with Crippen LogP contribution in [0.4, 0.5) is 0 Å². The Morgan fingerprint density at radius 2 is 2.06 bits per heavy atom. The largest absolute Gasteiger partial charge is 0.493 e. The molecular weight excluding hydrogens is 246 g/mol. The van der Waals surface area contributed by atoms with Gasteiger partial charge < -0.3 is 10.5 Å². The number of halogens is 1. The van der Waals surface area contributed by atoms with Crippen LogP contribution in [0.5, 0.6) is 5.75 Å². The second-order valence-electron chi connectivity index (χ2n) is 5.10. The third-order valence-corrected chi connectivity index (χ3v) is 4.15. The highest BCUT2D eigenvalue weighted by atomic mass is 35.5. The summed E-state index contributed by atoms with van der Waals surface area (Å²) < 4.78 is 5.72. The van der Waals surface area contributed by atoms with Crippen molar-refractivity contribution in [3.63, 3.8) is 0 Å². The molecule has 0 saturated heterocycles. The molecule has 1 heterocycles. The van der Waals surface area contributed by atoms with E-state index in [0.29, 0.717) is 5.92 Å². The number of rotatable bonds is 5. The Kier molecular flexibility index (Phi) is 4.52. The molecule has 1 unspecified atom stereocenters. The van der Waals surface area contributed by atoms with E-state index < -0.39 is 0 Å². The Balaban J connectivity index is 2.19. The van der Waals surface area contributed by atoms with E-state index in [1.54, 1.807) is 0 Å². The minimum atomic E-state index is 0.187. The molecule has 0 radical (unpaired) electrons. The SMILES string of the molecule is CCC(CC)C(N)Cc1cc(Cl)cc2c1OCC2. The molecule has 0 fully saturated rings. The van der Waals surface area contributed by atoms with Crippen LogP contribution in [0.25, 0.3) is 0 Å². The molecular formula is C15H22ClNO. The van der Waals surface area contributed by atoms with Crippen LogP contribution >= 0.6 is 11.6 Å². The third kappa shape index (κ3) is 2.81. The summed E-state index contributed by atoms with van der Waals surface area (Å²) in [6.07, 6.45) is 4.07. The van der Waals surface area contributed by atoms with Gasteiger partial charge >= 0.3 is 0 Å². The zero-order valence-corrected chi connectivity index (χ0v) is 12.0. The first-order valence-electron chi connectivity index (χ1n) is 6.85. The van der Waals surface area contributed by atoms with Crippen molar-refractivity contribution in [1.29, 1.82) is 0 Å². The maximum absolute atomic E-state index is 6.32. The highest BCUT2D eigenvalue weighted by molar-refractivity contribution is 6.30. The van der Waals surface area contributed by atoms with Crippen molar-refractivity contribution in [1.82, 2.24) is 0 Å². The normalized spacial score (nSPS) is 15.6. The summed E-state index contributed by atoms with van der Waals surface area (Å²) in [5.41, 5.74) is 8.72. The summed E-state index contributed by atoms with van der Waals surface area (Å²) in [6, 6.07) is 4.20. The minimum Gasteiger partial charge on any atom is -0.493 e. The van der Waals surface area contributed by atoms with E-state index in [0.717, 1.165) is 43.1 Å². The fourth-order valence-corrected chi connectivity index (χ4v) is 3.08. The third-order valence-electron chi connectivity index (χ3n) is 3.94. The van der Waals surface area contributed by atoms with Crippen LogP contribution in [0.2, 0.25) is 5.02 Å². The summed E-state index contributed by atoms with van der Waals surface area (Å²) in [7, 11) is 0. The molecule has 0 spiro atoms. The molecule has 3 heteroatoms. The number of nitrogens with two attached hydrogens (primary N) is 1. The molecule has 0 bridgehead atoms. The molecule has 18 heavy (non-hydrogen) atoms. The molecule has 2 rings (SSSR count). The lowest BCUT2D eigenvalue weighted by Gasteiger charge is -2.22. The van der Waals surface area contributed by atoms with Gasteiger partial charge in [-0.1, -0.05) is 38.3 Å². The van der Waals surface area contributed by atoms with Crippen molar-refractivity contribution in [3.8, 4) is 5.75 Å². The number of hydrogen-bond acceptors (Lipinski definition) is 2. The van der Waals surface area contributed by atoms with Crippen molar-refractivity contribution in [3.05, 3.63) is 28.3 Å². The fraction of sp³-hybridized carbons (Fsp3) is 0.600. The second-order valence-corrected chi connectivity index (χ2v) is 5.53. The van der Waals surface area contributed by atoms with Crippen LogP contribution in [0.15, 0.2) is 12.1 Å². The molecule has 0 aliphatic carbocycles. The molecule has 0 aromatic heterocycles. The van der Waals surface area contributed by atoms with Crippen LogP contribution in [0.1, 0.15) is 37.8 Å². The van der Waals surface area contributed by atoms with Crippen LogP contribution in [0, 0.1) is 5.92 Å². The second kappa shape index (κ2) is 5.94. The minimum absolute atomic E-state index is 0.187. The first kappa shape index (κ1) is 13.7. The molecule has 1 aromatic carbocycles.